The molecule has 0 fully saturated rings. The number of nitrogens with zero attached hydrogens (tertiary/aromatic N) is 2. The molecule has 0 amide bonds. The van der Waals surface area contributed by atoms with E-state index in [4.69, 9.17) is 9.47 Å². The van der Waals surface area contributed by atoms with Crippen LogP contribution in [0.5, 0.6) is 0 Å². The lowest BCUT2D eigenvalue weighted by atomic mass is 10.0. The molecule has 0 unspecified atom stereocenters. The number of aryl methyl sites for hydroxylation is 2. The third kappa shape index (κ3) is 4.40. The van der Waals surface area contributed by atoms with Gasteiger partial charge in [0.1, 0.15) is 22.3 Å². The van der Waals surface area contributed by atoms with E-state index in [-0.39, 0.29) is 16.9 Å². The molecule has 0 spiro atoms. The third-order valence-electron chi connectivity index (χ3n) is 5.01. The molecule has 0 aliphatic heterocycles. The summed E-state index contributed by atoms with van der Waals surface area (Å²) in [6.45, 7) is 3.75. The predicted molar refractivity (Wildman–Crippen MR) is 125 cm³/mol. The zero-order valence-corrected chi connectivity index (χ0v) is 19.2. The molecule has 1 N–H and O–H groups in total. The van der Waals surface area contributed by atoms with Crippen LogP contribution in [0, 0.1) is 19.7 Å². The van der Waals surface area contributed by atoms with E-state index >= 15 is 0 Å². The zero-order valence-electron chi connectivity index (χ0n) is 18.4. The summed E-state index contributed by atoms with van der Waals surface area (Å²) in [6, 6.07) is 10.8. The van der Waals surface area contributed by atoms with Crippen molar-refractivity contribution < 1.29 is 23.5 Å². The number of halogens is 1. The Labute approximate surface area is 193 Å². The lowest BCUT2D eigenvalue weighted by Gasteiger charge is -2.12. The fourth-order valence-corrected chi connectivity index (χ4v) is 4.67. The largest absolute Gasteiger partial charge is 0.465 e. The van der Waals surface area contributed by atoms with Crippen molar-refractivity contribution in [2.45, 2.75) is 13.8 Å². The molecular formula is C24H20FN3O4S. The topological polar surface area (TPSA) is 90.4 Å². The highest BCUT2D eigenvalue weighted by molar-refractivity contribution is 7.19. The molecule has 2 heterocycles. The van der Waals surface area contributed by atoms with Gasteiger partial charge in [0.05, 0.1) is 30.7 Å². The van der Waals surface area contributed by atoms with Gasteiger partial charge >= 0.3 is 11.9 Å². The fraction of sp³-hybridized carbons (Fsp3) is 0.167. The monoisotopic (exact) mass is 465 g/mol. The number of nitrogens with one attached hydrogen (secondary N) is 1. The summed E-state index contributed by atoms with van der Waals surface area (Å²) in [5.41, 5.74) is 2.53. The van der Waals surface area contributed by atoms with Crippen LogP contribution >= 0.6 is 11.3 Å². The average Bonchev–Trinajstić information content (AvgIpc) is 3.13. The van der Waals surface area contributed by atoms with Gasteiger partial charge in [-0.05, 0) is 49.7 Å². The molecule has 0 saturated heterocycles. The maximum absolute atomic E-state index is 13.5. The first kappa shape index (κ1) is 22.3. The van der Waals surface area contributed by atoms with Crippen molar-refractivity contribution in [3.63, 3.8) is 0 Å². The van der Waals surface area contributed by atoms with Crippen LogP contribution in [0.2, 0.25) is 0 Å². The van der Waals surface area contributed by atoms with E-state index in [0.717, 1.165) is 26.2 Å². The van der Waals surface area contributed by atoms with E-state index < -0.39 is 11.9 Å². The third-order valence-corrected chi connectivity index (χ3v) is 6.01. The molecule has 0 aliphatic rings. The van der Waals surface area contributed by atoms with E-state index in [9.17, 15) is 14.0 Å². The van der Waals surface area contributed by atoms with Gasteiger partial charge in [-0.15, -0.1) is 11.3 Å². The number of carbonyl (C=O) groups is 2. The van der Waals surface area contributed by atoms with Crippen LogP contribution in [-0.4, -0.2) is 36.1 Å². The highest BCUT2D eigenvalue weighted by Crippen LogP contribution is 2.41. The number of ether oxygens (including phenoxy) is 2. The molecule has 0 saturated carbocycles. The summed E-state index contributed by atoms with van der Waals surface area (Å²) in [5.74, 6) is -0.457. The van der Waals surface area contributed by atoms with Gasteiger partial charge in [-0.1, -0.05) is 12.1 Å². The second-order valence-electron chi connectivity index (χ2n) is 7.25. The van der Waals surface area contributed by atoms with Gasteiger partial charge in [0.15, 0.2) is 0 Å². The lowest BCUT2D eigenvalue weighted by Crippen LogP contribution is -2.08. The first-order valence-corrected chi connectivity index (χ1v) is 10.7. The summed E-state index contributed by atoms with van der Waals surface area (Å²) in [5, 5.41) is 3.99. The van der Waals surface area contributed by atoms with Gasteiger partial charge in [0.2, 0.25) is 0 Å². The van der Waals surface area contributed by atoms with Crippen LogP contribution in [0.4, 0.5) is 15.9 Å². The number of benzene rings is 2. The standard InChI is InChI=1S/C24H20FN3O4S/c1-12-19(14-5-7-17(25)8-6-14)20-21(26-13(2)27-22(20)33-12)28-18-10-15(23(29)31-3)9-16(11-18)24(30)32-4/h5-11H,1-4H3,(H,26,27,28). The Morgan fingerprint density at radius 1 is 0.939 bits per heavy atom. The molecular weight excluding hydrogens is 445 g/mol. The zero-order chi connectivity index (χ0) is 23.7. The molecule has 7 nitrogen and oxygen atoms in total. The Morgan fingerprint density at radius 3 is 2.12 bits per heavy atom. The minimum atomic E-state index is -0.591. The van der Waals surface area contributed by atoms with Gasteiger partial charge in [-0.2, -0.15) is 0 Å². The van der Waals surface area contributed by atoms with E-state index in [1.807, 2.05) is 6.92 Å². The van der Waals surface area contributed by atoms with E-state index in [1.165, 1.54) is 43.8 Å². The van der Waals surface area contributed by atoms with Crippen LogP contribution in [0.3, 0.4) is 0 Å². The minimum Gasteiger partial charge on any atom is -0.465 e. The molecule has 0 radical (unpaired) electrons. The maximum Gasteiger partial charge on any atom is 0.337 e. The highest BCUT2D eigenvalue weighted by Gasteiger charge is 2.20. The maximum atomic E-state index is 13.5. The van der Waals surface area contributed by atoms with Crippen LogP contribution in [0.1, 0.15) is 31.4 Å². The molecule has 168 valence electrons. The second kappa shape index (κ2) is 8.95. The first-order chi connectivity index (χ1) is 15.8. The number of aromatic nitrogens is 2. The lowest BCUT2D eigenvalue weighted by molar-refractivity contribution is 0.0599. The number of fused-ring (bicyclic) bond motifs is 1. The Kier molecular flexibility index (Phi) is 6.06. The molecule has 2 aromatic carbocycles. The van der Waals surface area contributed by atoms with Gasteiger partial charge in [0.25, 0.3) is 0 Å². The van der Waals surface area contributed by atoms with E-state index in [0.29, 0.717) is 17.3 Å². The Hall–Kier alpha value is -3.85. The van der Waals surface area contributed by atoms with Crippen molar-refractivity contribution >= 4 is 45.0 Å². The van der Waals surface area contributed by atoms with Crippen LogP contribution in [0.25, 0.3) is 21.3 Å². The van der Waals surface area contributed by atoms with Crippen LogP contribution < -0.4 is 5.32 Å². The first-order valence-electron chi connectivity index (χ1n) is 9.93. The van der Waals surface area contributed by atoms with Crippen LogP contribution in [0.15, 0.2) is 42.5 Å². The normalized spacial score (nSPS) is 10.8. The summed E-state index contributed by atoms with van der Waals surface area (Å²) in [4.78, 5) is 35.2. The van der Waals surface area contributed by atoms with Crippen molar-refractivity contribution in [1.29, 1.82) is 0 Å². The predicted octanol–water partition coefficient (Wildman–Crippen LogP) is 5.43. The molecule has 0 bridgehead atoms. The Balaban J connectivity index is 1.89. The number of carbonyl (C=O) groups excluding carboxylic acids is 2. The van der Waals surface area contributed by atoms with Crippen LogP contribution in [-0.2, 0) is 9.47 Å². The number of hydrogen-bond donors (Lipinski definition) is 1. The number of rotatable bonds is 5. The Bertz CT molecular complexity index is 1350. The molecule has 0 aliphatic carbocycles. The highest BCUT2D eigenvalue weighted by atomic mass is 32.1. The number of esters is 2. The van der Waals surface area contributed by atoms with E-state index in [2.05, 4.69) is 15.3 Å². The number of hydrogen-bond acceptors (Lipinski definition) is 8. The summed E-state index contributed by atoms with van der Waals surface area (Å²) >= 11 is 1.51. The van der Waals surface area contributed by atoms with Crippen molar-refractivity contribution in [3.05, 3.63) is 70.1 Å². The average molecular weight is 466 g/mol. The fourth-order valence-electron chi connectivity index (χ4n) is 3.58. The number of methoxy groups -OCH3 is 2. The second-order valence-corrected chi connectivity index (χ2v) is 8.45. The number of anilines is 2. The molecule has 0 atom stereocenters. The molecule has 4 aromatic rings. The Morgan fingerprint density at radius 2 is 1.55 bits per heavy atom. The quantitative estimate of drug-likeness (QED) is 0.393. The van der Waals surface area contributed by atoms with E-state index in [1.54, 1.807) is 31.2 Å². The summed E-state index contributed by atoms with van der Waals surface area (Å²) in [6.07, 6.45) is 0. The minimum absolute atomic E-state index is 0.185. The molecule has 4 rings (SSSR count). The van der Waals surface area contributed by atoms with Crippen molar-refractivity contribution in [2.75, 3.05) is 19.5 Å². The molecule has 33 heavy (non-hydrogen) atoms. The SMILES string of the molecule is COC(=O)c1cc(Nc2nc(C)nc3sc(C)c(-c4ccc(F)cc4)c23)cc(C(=O)OC)c1. The number of thiophene rings is 1. The van der Waals surface area contributed by atoms with Gasteiger partial charge in [0, 0.05) is 16.1 Å². The summed E-state index contributed by atoms with van der Waals surface area (Å²) < 4.78 is 23.1. The van der Waals surface area contributed by atoms with Crippen molar-refractivity contribution in [3.8, 4) is 11.1 Å². The van der Waals surface area contributed by atoms with Gasteiger partial charge in [-0.3, -0.25) is 0 Å². The smallest absolute Gasteiger partial charge is 0.337 e. The van der Waals surface area contributed by atoms with Crippen molar-refractivity contribution in [1.82, 2.24) is 9.97 Å². The summed E-state index contributed by atoms with van der Waals surface area (Å²) in [7, 11) is 2.53. The van der Waals surface area contributed by atoms with Crippen molar-refractivity contribution in [2.24, 2.45) is 0 Å². The van der Waals surface area contributed by atoms with Gasteiger partial charge in [-0.25, -0.2) is 23.9 Å². The van der Waals surface area contributed by atoms with Gasteiger partial charge < -0.3 is 14.8 Å². The molecule has 2 aromatic heterocycles. The molecule has 9 heteroatoms.